The van der Waals surface area contributed by atoms with Gasteiger partial charge < -0.3 is 14.7 Å². The molecule has 4 heteroatoms. The van der Waals surface area contributed by atoms with Crippen LogP contribution in [0.25, 0.3) is 22.3 Å². The lowest BCUT2D eigenvalue weighted by molar-refractivity contribution is 0.590. The molecule has 0 radical (unpaired) electrons. The average molecular weight is 948 g/mol. The lowest BCUT2D eigenvalue weighted by Gasteiger charge is -2.46. The number of benzene rings is 9. The summed E-state index contributed by atoms with van der Waals surface area (Å²) in [4.78, 5) is 7.73. The summed E-state index contributed by atoms with van der Waals surface area (Å²) in [6.07, 6.45) is 0. The molecule has 0 unspecified atom stereocenters. The minimum absolute atomic E-state index is 0.00258. The predicted octanol–water partition coefficient (Wildman–Crippen LogP) is 17.1. The zero-order chi connectivity index (χ0) is 50.8. The molecule has 0 fully saturated rings. The lowest BCUT2D eigenvalue weighted by atomic mass is 9.33. The van der Waals surface area contributed by atoms with Crippen molar-refractivity contribution in [3.63, 3.8) is 0 Å². The molecule has 9 aromatic rings. The highest BCUT2D eigenvalue weighted by Crippen LogP contribution is 2.56. The van der Waals surface area contributed by atoms with E-state index in [1.165, 1.54) is 94.9 Å². The molecule has 0 atom stereocenters. The summed E-state index contributed by atoms with van der Waals surface area (Å²) in [7, 11) is 0. The number of hydrogen-bond acceptors (Lipinski definition) is 3. The van der Waals surface area contributed by atoms with Crippen molar-refractivity contribution < 1.29 is 0 Å². The fourth-order valence-electron chi connectivity index (χ4n) is 12.2. The van der Waals surface area contributed by atoms with Crippen LogP contribution in [0.1, 0.15) is 104 Å². The molecule has 1 aliphatic carbocycles. The molecule has 73 heavy (non-hydrogen) atoms. The number of para-hydroxylation sites is 2. The van der Waals surface area contributed by atoms with E-state index in [2.05, 4.69) is 291 Å². The Morgan fingerprint density at radius 3 is 1.67 bits per heavy atom. The van der Waals surface area contributed by atoms with Crippen molar-refractivity contribution >= 4 is 74.3 Å². The maximum absolute atomic E-state index is 2.66. The third kappa shape index (κ3) is 7.55. The summed E-state index contributed by atoms with van der Waals surface area (Å²) >= 11 is 0. The van der Waals surface area contributed by atoms with Gasteiger partial charge in [-0.3, -0.25) is 0 Å². The summed E-state index contributed by atoms with van der Waals surface area (Å²) in [5.74, 6) is 0. The quantitative estimate of drug-likeness (QED) is 0.154. The van der Waals surface area contributed by atoms with Crippen LogP contribution in [0.3, 0.4) is 0 Å². The van der Waals surface area contributed by atoms with Crippen LogP contribution < -0.4 is 31.1 Å². The smallest absolute Gasteiger partial charge is 0.252 e. The molecule has 0 amide bonds. The van der Waals surface area contributed by atoms with Crippen LogP contribution in [-0.4, -0.2) is 6.71 Å². The van der Waals surface area contributed by atoms with Gasteiger partial charge in [-0.05, 0) is 144 Å². The van der Waals surface area contributed by atoms with Crippen LogP contribution in [0, 0.1) is 0 Å². The molecule has 0 saturated heterocycles. The highest BCUT2D eigenvalue weighted by molar-refractivity contribution is 7.00. The van der Waals surface area contributed by atoms with E-state index in [1.54, 1.807) is 0 Å². The van der Waals surface area contributed by atoms with E-state index < -0.39 is 0 Å². The van der Waals surface area contributed by atoms with E-state index >= 15 is 0 Å². The monoisotopic (exact) mass is 948 g/mol. The third-order valence-electron chi connectivity index (χ3n) is 16.1. The molecule has 3 nitrogen and oxygen atoms in total. The van der Waals surface area contributed by atoms with E-state index in [-0.39, 0.29) is 28.4 Å². The van der Waals surface area contributed by atoms with Gasteiger partial charge in [0.25, 0.3) is 6.71 Å². The Balaban J connectivity index is 1.18. The summed E-state index contributed by atoms with van der Waals surface area (Å²) in [6, 6.07) is 75.9. The molecule has 0 spiro atoms. The Kier molecular flexibility index (Phi) is 10.7. The minimum Gasteiger partial charge on any atom is -0.311 e. The normalized spacial score (nSPS) is 14.3. The first-order valence-electron chi connectivity index (χ1n) is 26.3. The Bertz CT molecular complexity index is 3610. The molecule has 0 saturated carbocycles. The van der Waals surface area contributed by atoms with Crippen molar-refractivity contribution in [2.45, 2.75) is 97.8 Å². The molecule has 0 aromatic heterocycles. The molecule has 9 aromatic carbocycles. The molecule has 3 aliphatic rings. The van der Waals surface area contributed by atoms with Gasteiger partial charge in [0, 0.05) is 50.8 Å². The first kappa shape index (κ1) is 46.5. The van der Waals surface area contributed by atoms with Crippen molar-refractivity contribution in [2.75, 3.05) is 14.7 Å². The Morgan fingerprint density at radius 1 is 0.397 bits per heavy atom. The maximum atomic E-state index is 2.66. The maximum Gasteiger partial charge on any atom is 0.252 e. The summed E-state index contributed by atoms with van der Waals surface area (Å²) in [5, 5.41) is 0. The standard InChI is InChI=1S/C69H66BN3/c1-66(2,3)46-33-36-50(37-34-46)72-61-44-51(71(49-25-16-13-17-26-49)58-31-21-19-27-52(58)45-23-14-12-15-24-45)38-39-56(61)70-57-41-47(67(4,5)6)35-40-59(57)73(63-43-48(68(7,8)9)42-62(72)65(63)70)60-32-22-29-54-53-28-18-20-30-55(53)69(10,11)64(54)60/h12-44H,1-11H3. The highest BCUT2D eigenvalue weighted by atomic mass is 15.2. The second-order valence-electron chi connectivity index (χ2n) is 24.3. The molecule has 2 heterocycles. The Hall–Kier alpha value is -7.56. The second-order valence-corrected chi connectivity index (χ2v) is 24.3. The van der Waals surface area contributed by atoms with Crippen LogP contribution in [0.4, 0.5) is 51.2 Å². The third-order valence-corrected chi connectivity index (χ3v) is 16.1. The number of hydrogen-bond donors (Lipinski definition) is 0. The van der Waals surface area contributed by atoms with Crippen LogP contribution in [0.5, 0.6) is 0 Å². The lowest BCUT2D eigenvalue weighted by Crippen LogP contribution is -2.61. The SMILES string of the molecule is CC(C)(C)c1ccc(N2c3cc(N(c4ccccc4)c4ccccc4-c4ccccc4)ccc3B3c4cc(C(C)(C)C)ccc4N(c4cccc5c4C(C)(C)c4ccccc4-5)c4cc(C(C)(C)C)cc2c43)cc1. The van der Waals surface area contributed by atoms with Gasteiger partial charge in [0.1, 0.15) is 0 Å². The van der Waals surface area contributed by atoms with Gasteiger partial charge in [0.2, 0.25) is 0 Å². The molecule has 2 aliphatic heterocycles. The average Bonchev–Trinajstić information content (AvgIpc) is 3.62. The van der Waals surface area contributed by atoms with Crippen molar-refractivity contribution in [3.8, 4) is 22.3 Å². The number of rotatable bonds is 6. The summed E-state index contributed by atoms with van der Waals surface area (Å²) in [5.41, 5.74) is 25.9. The highest BCUT2D eigenvalue weighted by Gasteiger charge is 2.47. The van der Waals surface area contributed by atoms with Gasteiger partial charge in [0.05, 0.1) is 11.4 Å². The number of fused-ring (bicyclic) bond motifs is 7. The second kappa shape index (κ2) is 16.8. The van der Waals surface area contributed by atoms with E-state index in [4.69, 9.17) is 0 Å². The topological polar surface area (TPSA) is 9.72 Å². The zero-order valence-electron chi connectivity index (χ0n) is 44.5. The van der Waals surface area contributed by atoms with Gasteiger partial charge in [-0.2, -0.15) is 0 Å². The summed E-state index contributed by atoms with van der Waals surface area (Å²) < 4.78 is 0. The summed E-state index contributed by atoms with van der Waals surface area (Å²) in [6.45, 7) is 25.9. The van der Waals surface area contributed by atoms with E-state index in [0.717, 1.165) is 22.7 Å². The molecule has 0 N–H and O–H groups in total. The Labute approximate surface area is 434 Å². The van der Waals surface area contributed by atoms with Crippen molar-refractivity contribution in [3.05, 3.63) is 228 Å². The Morgan fingerprint density at radius 2 is 0.986 bits per heavy atom. The first-order chi connectivity index (χ1) is 34.9. The minimum atomic E-state index is -0.222. The molecular weight excluding hydrogens is 882 g/mol. The van der Waals surface area contributed by atoms with E-state index in [0.29, 0.717) is 0 Å². The fraction of sp³-hybridized carbons (Fsp3) is 0.217. The van der Waals surface area contributed by atoms with Gasteiger partial charge in [-0.15, -0.1) is 0 Å². The number of nitrogens with zero attached hydrogens (tertiary/aromatic N) is 3. The van der Waals surface area contributed by atoms with Gasteiger partial charge in [-0.25, -0.2) is 0 Å². The number of anilines is 9. The fourth-order valence-corrected chi connectivity index (χ4v) is 12.2. The van der Waals surface area contributed by atoms with Crippen LogP contribution in [-0.2, 0) is 21.7 Å². The van der Waals surface area contributed by atoms with Gasteiger partial charge >= 0.3 is 0 Å². The van der Waals surface area contributed by atoms with Crippen molar-refractivity contribution in [2.24, 2.45) is 0 Å². The van der Waals surface area contributed by atoms with Crippen LogP contribution in [0.2, 0.25) is 0 Å². The van der Waals surface area contributed by atoms with Crippen molar-refractivity contribution in [1.82, 2.24) is 0 Å². The molecule has 12 rings (SSSR count). The largest absolute Gasteiger partial charge is 0.311 e. The molecule has 0 bridgehead atoms. The van der Waals surface area contributed by atoms with E-state index in [1.807, 2.05) is 0 Å². The van der Waals surface area contributed by atoms with E-state index in [9.17, 15) is 0 Å². The first-order valence-corrected chi connectivity index (χ1v) is 26.3. The molecular formula is C69H66BN3. The zero-order valence-corrected chi connectivity index (χ0v) is 44.5. The van der Waals surface area contributed by atoms with Crippen LogP contribution >= 0.6 is 0 Å². The van der Waals surface area contributed by atoms with Crippen molar-refractivity contribution in [1.29, 1.82) is 0 Å². The van der Waals surface area contributed by atoms with Gasteiger partial charge in [-0.1, -0.05) is 210 Å². The van der Waals surface area contributed by atoms with Gasteiger partial charge in [0.15, 0.2) is 0 Å². The van der Waals surface area contributed by atoms with Crippen LogP contribution in [0.15, 0.2) is 200 Å². The molecule has 360 valence electrons. The predicted molar refractivity (Wildman–Crippen MR) is 314 cm³/mol.